The van der Waals surface area contributed by atoms with Gasteiger partial charge in [0.25, 0.3) is 0 Å². The van der Waals surface area contributed by atoms with Crippen LogP contribution in [0.15, 0.2) is 54.6 Å². The number of carbonyl (C=O) groups is 1. The summed E-state index contributed by atoms with van der Waals surface area (Å²) in [5.74, 6) is -1.40. The van der Waals surface area contributed by atoms with Gasteiger partial charge in [-0.15, -0.1) is 13.2 Å². The van der Waals surface area contributed by atoms with E-state index >= 15 is 0 Å². The van der Waals surface area contributed by atoms with E-state index in [0.29, 0.717) is 35.1 Å². The molecule has 4 rings (SSSR count). The standard InChI is InChI=1S/C25H21F5N2O4/c1-34-18-10-14-8-9-32(24(33)31-20-7-6-16(26)12-19(20)27)23(22(14)21(13-18)35-2)15-4-3-5-17(11-15)36-25(28,29)30/h3-7,10-13,23H,8-9H2,1-2H3,(H,31,33). The number of urea groups is 1. The van der Waals surface area contributed by atoms with Crippen LogP contribution in [0.1, 0.15) is 22.7 Å². The Balaban J connectivity index is 1.80. The van der Waals surface area contributed by atoms with Crippen molar-refractivity contribution in [1.82, 2.24) is 4.90 Å². The van der Waals surface area contributed by atoms with Crippen molar-refractivity contribution in [2.75, 3.05) is 26.1 Å². The summed E-state index contributed by atoms with van der Waals surface area (Å²) in [6.45, 7) is 0.132. The van der Waals surface area contributed by atoms with Gasteiger partial charge in [-0.2, -0.15) is 0 Å². The lowest BCUT2D eigenvalue weighted by Crippen LogP contribution is -2.43. The molecule has 1 heterocycles. The first kappa shape index (κ1) is 25.1. The van der Waals surface area contributed by atoms with Gasteiger partial charge < -0.3 is 24.4 Å². The Morgan fingerprint density at radius 2 is 1.78 bits per heavy atom. The Kier molecular flexibility index (Phi) is 6.91. The van der Waals surface area contributed by atoms with E-state index in [9.17, 15) is 26.7 Å². The third kappa shape index (κ3) is 5.29. The number of nitrogens with one attached hydrogen (secondary N) is 1. The molecule has 11 heteroatoms. The number of hydrogen-bond donors (Lipinski definition) is 1. The fraction of sp³-hybridized carbons (Fsp3) is 0.240. The molecule has 190 valence electrons. The predicted molar refractivity (Wildman–Crippen MR) is 120 cm³/mol. The Morgan fingerprint density at radius 3 is 2.44 bits per heavy atom. The highest BCUT2D eigenvalue weighted by Gasteiger charge is 2.37. The largest absolute Gasteiger partial charge is 0.573 e. The maximum Gasteiger partial charge on any atom is 0.573 e. The minimum absolute atomic E-state index is 0.132. The number of ether oxygens (including phenoxy) is 3. The van der Waals surface area contributed by atoms with Crippen LogP contribution in [0, 0.1) is 11.6 Å². The zero-order valence-electron chi connectivity index (χ0n) is 19.2. The van der Waals surface area contributed by atoms with E-state index in [1.165, 1.54) is 31.3 Å². The zero-order chi connectivity index (χ0) is 26.0. The third-order valence-electron chi connectivity index (χ3n) is 5.71. The van der Waals surface area contributed by atoms with Crippen molar-refractivity contribution in [2.24, 2.45) is 0 Å². The summed E-state index contributed by atoms with van der Waals surface area (Å²) >= 11 is 0. The molecule has 0 bridgehead atoms. The summed E-state index contributed by atoms with van der Waals surface area (Å²) in [5, 5.41) is 2.42. The summed E-state index contributed by atoms with van der Waals surface area (Å²) in [4.78, 5) is 14.7. The molecule has 6 nitrogen and oxygen atoms in total. The van der Waals surface area contributed by atoms with Gasteiger partial charge in [-0.1, -0.05) is 12.1 Å². The summed E-state index contributed by atoms with van der Waals surface area (Å²) in [7, 11) is 2.90. The average molecular weight is 508 g/mol. The molecule has 1 atom stereocenters. The van der Waals surface area contributed by atoms with Crippen LogP contribution in [0.4, 0.5) is 32.4 Å². The van der Waals surface area contributed by atoms with Crippen molar-refractivity contribution in [1.29, 1.82) is 0 Å². The van der Waals surface area contributed by atoms with Crippen molar-refractivity contribution in [3.8, 4) is 17.2 Å². The molecule has 0 aromatic heterocycles. The van der Waals surface area contributed by atoms with Gasteiger partial charge in [0.2, 0.25) is 0 Å². The molecule has 1 unspecified atom stereocenters. The first-order chi connectivity index (χ1) is 17.1. The van der Waals surface area contributed by atoms with E-state index in [4.69, 9.17) is 9.47 Å². The van der Waals surface area contributed by atoms with Crippen LogP contribution in [-0.2, 0) is 6.42 Å². The lowest BCUT2D eigenvalue weighted by atomic mass is 9.87. The summed E-state index contributed by atoms with van der Waals surface area (Å²) < 4.78 is 81.1. The van der Waals surface area contributed by atoms with Gasteiger partial charge in [-0.25, -0.2) is 13.6 Å². The molecule has 0 spiro atoms. The van der Waals surface area contributed by atoms with Crippen LogP contribution in [0.25, 0.3) is 0 Å². The fourth-order valence-electron chi connectivity index (χ4n) is 4.21. The Labute approximate surface area is 203 Å². The molecule has 1 aliphatic heterocycles. The van der Waals surface area contributed by atoms with Crippen molar-refractivity contribution in [3.05, 3.63) is 82.9 Å². The molecule has 3 aromatic rings. The summed E-state index contributed by atoms with van der Waals surface area (Å²) in [6, 6.07) is 9.64. The Morgan fingerprint density at radius 1 is 1.00 bits per heavy atom. The molecular formula is C25H21F5N2O4. The van der Waals surface area contributed by atoms with E-state index in [1.807, 2.05) is 0 Å². The number of methoxy groups -OCH3 is 2. The van der Waals surface area contributed by atoms with Gasteiger partial charge >= 0.3 is 12.4 Å². The number of carbonyl (C=O) groups excluding carboxylic acids is 1. The van der Waals surface area contributed by atoms with Gasteiger partial charge in [-0.3, -0.25) is 0 Å². The molecule has 0 radical (unpaired) electrons. The lowest BCUT2D eigenvalue weighted by Gasteiger charge is -2.38. The number of halogens is 5. The lowest BCUT2D eigenvalue weighted by molar-refractivity contribution is -0.274. The van der Waals surface area contributed by atoms with Crippen LogP contribution in [-0.4, -0.2) is 38.1 Å². The number of hydrogen-bond acceptors (Lipinski definition) is 4. The van der Waals surface area contributed by atoms with Crippen molar-refractivity contribution < 1.29 is 41.0 Å². The van der Waals surface area contributed by atoms with Crippen molar-refractivity contribution >= 4 is 11.7 Å². The predicted octanol–water partition coefficient (Wildman–Crippen LogP) is 6.06. The fourth-order valence-corrected chi connectivity index (χ4v) is 4.21. The van der Waals surface area contributed by atoms with Crippen LogP contribution < -0.4 is 19.5 Å². The highest BCUT2D eigenvalue weighted by atomic mass is 19.4. The first-order valence-corrected chi connectivity index (χ1v) is 10.7. The Bertz CT molecular complexity index is 1260. The number of alkyl halides is 3. The number of amides is 2. The summed E-state index contributed by atoms with van der Waals surface area (Å²) in [6.07, 6.45) is -4.55. The van der Waals surface area contributed by atoms with Gasteiger partial charge in [0.05, 0.1) is 25.9 Å². The number of nitrogens with zero attached hydrogens (tertiary/aromatic N) is 1. The second kappa shape index (κ2) is 9.92. The molecule has 36 heavy (non-hydrogen) atoms. The van der Waals surface area contributed by atoms with Crippen molar-refractivity contribution in [2.45, 2.75) is 18.8 Å². The van der Waals surface area contributed by atoms with E-state index < -0.39 is 35.8 Å². The summed E-state index contributed by atoms with van der Waals surface area (Å²) in [5.41, 5.74) is 1.34. The van der Waals surface area contributed by atoms with Crippen LogP contribution in [0.3, 0.4) is 0 Å². The van der Waals surface area contributed by atoms with Crippen LogP contribution in [0.2, 0.25) is 0 Å². The highest BCUT2D eigenvalue weighted by Crippen LogP contribution is 2.44. The second-order valence-corrected chi connectivity index (χ2v) is 7.92. The van der Waals surface area contributed by atoms with Gasteiger partial charge in [0.1, 0.15) is 28.9 Å². The van der Waals surface area contributed by atoms with Crippen LogP contribution in [0.5, 0.6) is 17.2 Å². The normalized spacial score (nSPS) is 15.2. The van der Waals surface area contributed by atoms with Gasteiger partial charge in [0, 0.05) is 24.2 Å². The number of rotatable bonds is 5. The molecular weight excluding hydrogens is 487 g/mol. The quantitative estimate of drug-likeness (QED) is 0.426. The average Bonchev–Trinajstić information content (AvgIpc) is 2.83. The van der Waals surface area contributed by atoms with Crippen LogP contribution >= 0.6 is 0 Å². The Hall–Kier alpha value is -4.02. The highest BCUT2D eigenvalue weighted by molar-refractivity contribution is 5.90. The topological polar surface area (TPSA) is 60.0 Å². The molecule has 2 amide bonds. The van der Waals surface area contributed by atoms with Crippen molar-refractivity contribution in [3.63, 3.8) is 0 Å². The molecule has 1 aliphatic rings. The van der Waals surface area contributed by atoms with E-state index in [0.717, 1.165) is 23.8 Å². The smallest absolute Gasteiger partial charge is 0.497 e. The van der Waals surface area contributed by atoms with Gasteiger partial charge in [-0.05, 0) is 47.9 Å². The number of benzene rings is 3. The monoisotopic (exact) mass is 508 g/mol. The molecule has 1 N–H and O–H groups in total. The minimum Gasteiger partial charge on any atom is -0.497 e. The van der Waals surface area contributed by atoms with Gasteiger partial charge in [0.15, 0.2) is 0 Å². The van der Waals surface area contributed by atoms with E-state index in [-0.39, 0.29) is 12.2 Å². The second-order valence-electron chi connectivity index (χ2n) is 7.92. The number of anilines is 1. The number of fused-ring (bicyclic) bond motifs is 1. The molecule has 3 aromatic carbocycles. The first-order valence-electron chi connectivity index (χ1n) is 10.7. The minimum atomic E-state index is -4.91. The maximum absolute atomic E-state index is 14.2. The molecule has 0 saturated carbocycles. The molecule has 0 aliphatic carbocycles. The molecule has 0 saturated heterocycles. The van der Waals surface area contributed by atoms with E-state index in [1.54, 1.807) is 18.2 Å². The molecule has 0 fully saturated rings. The third-order valence-corrected chi connectivity index (χ3v) is 5.71. The maximum atomic E-state index is 14.2. The van der Waals surface area contributed by atoms with E-state index in [2.05, 4.69) is 10.1 Å². The SMILES string of the molecule is COc1cc2c(c(OC)c1)C(c1cccc(OC(F)(F)F)c1)N(C(=O)Nc1ccc(F)cc1F)CC2. The zero-order valence-corrected chi connectivity index (χ0v) is 19.2.